The van der Waals surface area contributed by atoms with E-state index in [-0.39, 0.29) is 74.5 Å². The van der Waals surface area contributed by atoms with E-state index in [0.29, 0.717) is 81.8 Å². The van der Waals surface area contributed by atoms with E-state index in [0.717, 1.165) is 132 Å². The molecule has 16 aliphatic carbocycles. The molecule has 0 heterocycles. The first kappa shape index (κ1) is 65.9. The largest absolute Gasteiger partial charge is 0.393 e. The highest BCUT2D eigenvalue weighted by Gasteiger charge is 2.66. The number of aliphatic hydroxyl groups is 1. The summed E-state index contributed by atoms with van der Waals surface area (Å²) in [6.07, 6.45) is 52.0. The molecule has 0 aliphatic heterocycles. The van der Waals surface area contributed by atoms with Crippen LogP contribution in [0.5, 0.6) is 0 Å². The lowest BCUT2D eigenvalue weighted by Gasteiger charge is -2.59. The number of hydrogen-bond acceptors (Lipinski definition) is 4. The van der Waals surface area contributed by atoms with E-state index in [1.54, 1.807) is 16.7 Å². The summed E-state index contributed by atoms with van der Waals surface area (Å²) in [4.78, 5) is 44.4. The quantitative estimate of drug-likeness (QED) is 0.155. The lowest BCUT2D eigenvalue weighted by atomic mass is 9.46. The van der Waals surface area contributed by atoms with Gasteiger partial charge in [-0.2, -0.15) is 0 Å². The third-order valence-corrected chi connectivity index (χ3v) is 36.6. The number of hydrogen-bond donors (Lipinski definition) is 4. The van der Waals surface area contributed by atoms with E-state index in [2.05, 4.69) is 116 Å². The van der Waals surface area contributed by atoms with Crippen LogP contribution in [0.15, 0.2) is 46.6 Å². The molecular formula is C87H133N3O4. The van der Waals surface area contributed by atoms with Crippen molar-refractivity contribution >= 4 is 17.7 Å². The molecule has 0 unspecified atom stereocenters. The summed E-state index contributed by atoms with van der Waals surface area (Å²) in [7, 11) is 0. The van der Waals surface area contributed by atoms with Gasteiger partial charge in [0, 0.05) is 35.9 Å². The van der Waals surface area contributed by atoms with E-state index in [1.165, 1.54) is 134 Å². The fourth-order valence-corrected chi connectivity index (χ4v) is 31.2. The van der Waals surface area contributed by atoms with Gasteiger partial charge in [-0.05, 0) is 338 Å². The van der Waals surface area contributed by atoms with Gasteiger partial charge in [0.05, 0.1) is 6.10 Å². The second-order valence-electron chi connectivity index (χ2n) is 40.3. The van der Waals surface area contributed by atoms with Gasteiger partial charge in [0.2, 0.25) is 17.7 Å². The average molecular weight is 1290 g/mol. The van der Waals surface area contributed by atoms with Crippen LogP contribution in [0.25, 0.3) is 0 Å². The lowest BCUT2D eigenvalue weighted by molar-refractivity contribution is -0.134. The van der Waals surface area contributed by atoms with Gasteiger partial charge in [-0.25, -0.2) is 0 Å². The van der Waals surface area contributed by atoms with E-state index < -0.39 is 0 Å². The Morgan fingerprint density at radius 2 is 0.702 bits per heavy atom. The normalized spacial score (nSPS) is 52.2. The van der Waals surface area contributed by atoms with Gasteiger partial charge in [0.1, 0.15) is 0 Å². The first-order chi connectivity index (χ1) is 44.8. The minimum atomic E-state index is -0.165. The summed E-state index contributed by atoms with van der Waals surface area (Å²) in [5, 5.41) is 22.0. The van der Waals surface area contributed by atoms with Gasteiger partial charge < -0.3 is 21.1 Å². The number of allylic oxidation sites excluding steroid dienone is 4. The van der Waals surface area contributed by atoms with Crippen LogP contribution in [0.1, 0.15) is 301 Å². The maximum absolute atomic E-state index is 14.9. The molecule has 29 atom stereocenters. The van der Waals surface area contributed by atoms with Crippen LogP contribution in [0.3, 0.4) is 0 Å². The summed E-state index contributed by atoms with van der Waals surface area (Å²) in [5.74, 6) is 12.5. The smallest absolute Gasteiger partial charge is 0.223 e. The predicted molar refractivity (Wildman–Crippen MR) is 380 cm³/mol. The summed E-state index contributed by atoms with van der Waals surface area (Å²) in [6, 6.07) is 0.761. The molecule has 3 amide bonds. The third kappa shape index (κ3) is 10.1. The molecule has 7 nitrogen and oxygen atoms in total. The van der Waals surface area contributed by atoms with Gasteiger partial charge in [-0.1, -0.05) is 142 Å². The highest BCUT2D eigenvalue weighted by Crippen LogP contribution is 2.72. The van der Waals surface area contributed by atoms with Gasteiger partial charge in [0.25, 0.3) is 0 Å². The minimum absolute atomic E-state index is 0.0580. The standard InChI is InChI=1S/C87H133N3O4/c1-51(2)13-12-14-52(3)65-23-24-66-61-19-15-53-47-57(31-39-80(53,4)70(61)35-43-84(65,66)8)88-77(92)74-28-25-67-62-20-16-54-48-58(32-40-81(54,5)71(62)36-44-85(67,74)9)89-78(93)75-29-26-68-63-21-17-55-49-59(33-41-82(55,6)72(63)37-45-86(68,75)10)90-79(94)76-30-27-69-64-22-18-56-50-60(91)34-42-83(56,7)73(64)38-46-87(69,76)11/h15-18,51-52,57-76,91H,12-14,19-50H2,1-11H3,(H,88,92)(H,89,93)(H,90,94)/t52-,57+,58+,59+,60+,61+,62+,63+,64+,65-,66+,67+,68+,69+,70+,71+,72+,73+,74-,75-,76-,80+,81+,82+,83+,84-,85+,86+,87+/m1/s1. The molecular weight excluding hydrogens is 1150 g/mol. The Morgan fingerprint density at radius 1 is 0.383 bits per heavy atom. The molecule has 7 heteroatoms. The molecule has 12 saturated carbocycles. The topological polar surface area (TPSA) is 108 Å². The van der Waals surface area contributed by atoms with Crippen molar-refractivity contribution in [1.29, 1.82) is 0 Å². The lowest BCUT2D eigenvalue weighted by Crippen LogP contribution is -2.55. The summed E-state index contributed by atoms with van der Waals surface area (Å²) in [6.45, 7) is 28.1. The van der Waals surface area contributed by atoms with E-state index in [4.69, 9.17) is 0 Å². The Morgan fingerprint density at radius 3 is 1.06 bits per heavy atom. The monoisotopic (exact) mass is 1280 g/mol. The van der Waals surface area contributed by atoms with Crippen LogP contribution >= 0.6 is 0 Å². The molecule has 0 aromatic heterocycles. The van der Waals surface area contributed by atoms with Crippen molar-refractivity contribution in [2.45, 2.75) is 325 Å². The third-order valence-electron chi connectivity index (χ3n) is 36.6. The molecule has 0 radical (unpaired) electrons. The highest BCUT2D eigenvalue weighted by molar-refractivity contribution is 5.81. The van der Waals surface area contributed by atoms with Crippen LogP contribution < -0.4 is 16.0 Å². The number of aliphatic hydroxyl groups excluding tert-OH is 1. The zero-order chi connectivity index (χ0) is 65.4. The fraction of sp³-hybridized carbons (Fsp3) is 0.874. The molecule has 4 N–H and O–H groups in total. The average Bonchev–Trinajstić information content (AvgIpc) is 1.37. The molecule has 0 aromatic carbocycles. The van der Waals surface area contributed by atoms with Gasteiger partial charge in [-0.3, -0.25) is 14.4 Å². The first-order valence-electron chi connectivity index (χ1n) is 41.2. The minimum Gasteiger partial charge on any atom is -0.393 e. The van der Waals surface area contributed by atoms with Crippen LogP contribution in [-0.2, 0) is 14.4 Å². The van der Waals surface area contributed by atoms with Crippen LogP contribution in [0.2, 0.25) is 0 Å². The maximum Gasteiger partial charge on any atom is 0.223 e. The van der Waals surface area contributed by atoms with Crippen molar-refractivity contribution in [2.24, 2.45) is 150 Å². The van der Waals surface area contributed by atoms with Crippen LogP contribution in [0, 0.1) is 150 Å². The molecule has 0 spiro atoms. The predicted octanol–water partition coefficient (Wildman–Crippen LogP) is 19.6. The number of fused-ring (bicyclic) bond motifs is 20. The Balaban J connectivity index is 0.508. The SMILES string of the molecule is CC(C)CCC[C@@H](C)[C@H]1CC[C@H]2[C@@H]3CC=C4C[C@@H](NC(=O)[C@H]5CC[C@H]6[C@@H]7CC=C8C[C@@H](NC(=O)[C@H]9CC[C@H]%10[C@@H]%11CC=C%12C[C@@H](NC(=O)[C@H]%13CC[C@H]%14[C@@H]%15CC=C%16C[C@@H](O)CC[C@]%16(C)[C@H]%15CC[C@]%13%14C)CC[C@]%12(C)[C@H]%11CC[C@]9%10C)CC[C@]8(C)[C@H]7CC[C@]56C)CC[C@]4(C)[C@H]3CC[C@]12C. The van der Waals surface area contributed by atoms with Crippen molar-refractivity contribution in [2.75, 3.05) is 0 Å². The number of nitrogens with one attached hydrogen (secondary N) is 3. The zero-order valence-electron chi connectivity index (χ0n) is 61.4. The molecule has 0 bridgehead atoms. The summed E-state index contributed by atoms with van der Waals surface area (Å²) >= 11 is 0. The van der Waals surface area contributed by atoms with Gasteiger partial charge in [-0.15, -0.1) is 0 Å². The molecule has 94 heavy (non-hydrogen) atoms. The van der Waals surface area contributed by atoms with Crippen molar-refractivity contribution < 1.29 is 19.5 Å². The second-order valence-corrected chi connectivity index (χ2v) is 40.3. The van der Waals surface area contributed by atoms with Gasteiger partial charge >= 0.3 is 0 Å². The van der Waals surface area contributed by atoms with Crippen molar-refractivity contribution in [3.63, 3.8) is 0 Å². The van der Waals surface area contributed by atoms with Crippen LogP contribution in [0.4, 0.5) is 0 Å². The first-order valence-corrected chi connectivity index (χ1v) is 41.2. The number of amides is 3. The van der Waals surface area contributed by atoms with Crippen LogP contribution in [-0.4, -0.2) is 47.1 Å². The molecule has 0 saturated heterocycles. The van der Waals surface area contributed by atoms with Crippen molar-refractivity contribution in [1.82, 2.24) is 16.0 Å². The number of carbonyl (C=O) groups excluding carboxylic acids is 3. The molecule has 16 rings (SSSR count). The van der Waals surface area contributed by atoms with E-state index in [9.17, 15) is 19.5 Å². The summed E-state index contributed by atoms with van der Waals surface area (Å²) < 4.78 is 0. The van der Waals surface area contributed by atoms with Crippen molar-refractivity contribution in [3.05, 3.63) is 46.6 Å². The van der Waals surface area contributed by atoms with E-state index >= 15 is 0 Å². The number of carbonyl (C=O) groups is 3. The fourth-order valence-electron chi connectivity index (χ4n) is 31.2. The van der Waals surface area contributed by atoms with Crippen molar-refractivity contribution in [3.8, 4) is 0 Å². The Bertz CT molecular complexity index is 3100. The Hall–Kier alpha value is -2.67. The Labute approximate surface area is 571 Å². The molecule has 12 fully saturated rings. The number of rotatable bonds is 11. The zero-order valence-corrected chi connectivity index (χ0v) is 61.4. The second kappa shape index (κ2) is 23.7. The maximum atomic E-state index is 14.9. The Kier molecular flexibility index (Phi) is 16.6. The molecule has 0 aromatic rings. The summed E-state index contributed by atoms with van der Waals surface area (Å²) in [5.41, 5.74) is 8.20. The highest BCUT2D eigenvalue weighted by atomic mass is 16.3. The molecule has 16 aliphatic rings. The molecule has 520 valence electrons. The van der Waals surface area contributed by atoms with E-state index in [1.807, 2.05) is 0 Å². The van der Waals surface area contributed by atoms with Gasteiger partial charge in [0.15, 0.2) is 0 Å².